The molecule has 0 unspecified atom stereocenters. The van der Waals surface area contributed by atoms with Gasteiger partial charge in [0, 0.05) is 29.6 Å². The van der Waals surface area contributed by atoms with E-state index in [0.29, 0.717) is 10.9 Å². The van der Waals surface area contributed by atoms with E-state index in [9.17, 15) is 4.79 Å². The van der Waals surface area contributed by atoms with Crippen LogP contribution in [0.1, 0.15) is 44.6 Å². The van der Waals surface area contributed by atoms with Gasteiger partial charge in [0.2, 0.25) is 11.8 Å². The number of hydrogen-bond acceptors (Lipinski definition) is 5. The third-order valence-electron chi connectivity index (χ3n) is 6.16. The van der Waals surface area contributed by atoms with E-state index in [2.05, 4.69) is 29.0 Å². The molecule has 0 bridgehead atoms. The van der Waals surface area contributed by atoms with Gasteiger partial charge in [0.25, 0.3) is 0 Å². The number of hydrogen-bond donors (Lipinski definition) is 1. The van der Waals surface area contributed by atoms with Gasteiger partial charge in [0.1, 0.15) is 5.76 Å². The van der Waals surface area contributed by atoms with Crippen molar-refractivity contribution in [2.75, 3.05) is 39.3 Å². The first-order chi connectivity index (χ1) is 15.0. The maximum Gasteiger partial charge on any atom is 0.226 e. The highest BCUT2D eigenvalue weighted by Crippen LogP contribution is 2.25. The normalized spacial score (nSPS) is 15.5. The quantitative estimate of drug-likeness (QED) is 0.549. The van der Waals surface area contributed by atoms with Crippen LogP contribution in [0, 0.1) is 12.8 Å². The van der Waals surface area contributed by atoms with Crippen LogP contribution in [0.5, 0.6) is 0 Å². The molecule has 1 amide bonds. The second kappa shape index (κ2) is 11.7. The van der Waals surface area contributed by atoms with Gasteiger partial charge >= 0.3 is 0 Å². The number of aryl methyl sites for hydroxylation is 1. The number of amides is 1. The Morgan fingerprint density at radius 3 is 2.55 bits per heavy atom. The molecular weight excluding hydrogens is 412 g/mol. The van der Waals surface area contributed by atoms with Gasteiger partial charge in [-0.3, -0.25) is 9.69 Å². The highest BCUT2D eigenvalue weighted by atomic mass is 35.5. The Morgan fingerprint density at radius 2 is 1.90 bits per heavy atom. The SMILES string of the molecule is CCN(CC)CCCNC(=O)C1CCN(Cc2nc(-c3ccc(Cl)cc3)oc2C)CC1. The molecule has 170 valence electrons. The molecule has 31 heavy (non-hydrogen) atoms. The van der Waals surface area contributed by atoms with Crippen molar-refractivity contribution < 1.29 is 9.21 Å². The summed E-state index contributed by atoms with van der Waals surface area (Å²) in [6, 6.07) is 7.53. The van der Waals surface area contributed by atoms with E-state index in [4.69, 9.17) is 21.0 Å². The Labute approximate surface area is 191 Å². The third-order valence-corrected chi connectivity index (χ3v) is 6.41. The van der Waals surface area contributed by atoms with Crippen LogP contribution in [0.15, 0.2) is 28.7 Å². The predicted molar refractivity (Wildman–Crippen MR) is 125 cm³/mol. The number of carbonyl (C=O) groups is 1. The summed E-state index contributed by atoms with van der Waals surface area (Å²) in [4.78, 5) is 22.0. The molecule has 0 spiro atoms. The summed E-state index contributed by atoms with van der Waals surface area (Å²) in [7, 11) is 0. The van der Waals surface area contributed by atoms with Crippen LogP contribution in [0.3, 0.4) is 0 Å². The van der Waals surface area contributed by atoms with Gasteiger partial charge < -0.3 is 14.6 Å². The van der Waals surface area contributed by atoms with E-state index in [1.54, 1.807) is 0 Å². The Bertz CT molecular complexity index is 825. The smallest absolute Gasteiger partial charge is 0.226 e. The Hall–Kier alpha value is -1.89. The Kier molecular flexibility index (Phi) is 8.93. The van der Waals surface area contributed by atoms with Gasteiger partial charge in [0.15, 0.2) is 0 Å². The summed E-state index contributed by atoms with van der Waals surface area (Å²) >= 11 is 5.97. The van der Waals surface area contributed by atoms with E-state index in [1.165, 1.54) is 0 Å². The maximum absolute atomic E-state index is 12.5. The number of carbonyl (C=O) groups excluding carboxylic acids is 1. The van der Waals surface area contributed by atoms with Crippen LogP contribution in [0.2, 0.25) is 5.02 Å². The molecule has 0 radical (unpaired) electrons. The first-order valence-corrected chi connectivity index (χ1v) is 11.8. The molecule has 2 heterocycles. The van der Waals surface area contributed by atoms with Gasteiger partial charge in [-0.2, -0.15) is 0 Å². The average Bonchev–Trinajstić information content (AvgIpc) is 3.15. The minimum absolute atomic E-state index is 0.118. The zero-order chi connectivity index (χ0) is 22.2. The fourth-order valence-corrected chi connectivity index (χ4v) is 4.18. The molecular formula is C24H35ClN4O2. The highest BCUT2D eigenvalue weighted by molar-refractivity contribution is 6.30. The lowest BCUT2D eigenvalue weighted by Crippen LogP contribution is -2.41. The molecule has 1 aromatic carbocycles. The van der Waals surface area contributed by atoms with Crippen LogP contribution >= 0.6 is 11.6 Å². The molecule has 1 fully saturated rings. The zero-order valence-corrected chi connectivity index (χ0v) is 19.7. The Balaban J connectivity index is 1.43. The molecule has 1 aromatic heterocycles. The number of likely N-dealkylation sites (tertiary alicyclic amines) is 1. The molecule has 6 nitrogen and oxygen atoms in total. The van der Waals surface area contributed by atoms with Crippen LogP contribution in [0.25, 0.3) is 11.5 Å². The minimum atomic E-state index is 0.118. The predicted octanol–water partition coefficient (Wildman–Crippen LogP) is 4.36. The largest absolute Gasteiger partial charge is 0.441 e. The van der Waals surface area contributed by atoms with E-state index in [-0.39, 0.29) is 11.8 Å². The van der Waals surface area contributed by atoms with Crippen LogP contribution in [-0.4, -0.2) is 60.0 Å². The standard InChI is InChI=1S/C24H35ClN4O2/c1-4-28(5-2)14-6-13-26-23(30)19-11-15-29(16-12-19)17-22-18(3)31-24(27-22)20-7-9-21(25)10-8-20/h7-10,19H,4-6,11-17H2,1-3H3,(H,26,30). The fourth-order valence-electron chi connectivity index (χ4n) is 4.05. The molecule has 7 heteroatoms. The van der Waals surface area contributed by atoms with Crippen molar-refractivity contribution in [3.63, 3.8) is 0 Å². The number of aromatic nitrogens is 1. The summed E-state index contributed by atoms with van der Waals surface area (Å²) in [5.41, 5.74) is 1.89. The first kappa shape index (κ1) is 23.8. The summed E-state index contributed by atoms with van der Waals surface area (Å²) in [6.07, 6.45) is 2.79. The fraction of sp³-hybridized carbons (Fsp3) is 0.583. The molecule has 1 N–H and O–H groups in total. The molecule has 0 aliphatic carbocycles. The summed E-state index contributed by atoms with van der Waals surface area (Å²) in [5, 5.41) is 3.83. The second-order valence-electron chi connectivity index (χ2n) is 8.25. The van der Waals surface area contributed by atoms with E-state index in [1.807, 2.05) is 31.2 Å². The molecule has 2 aromatic rings. The first-order valence-electron chi connectivity index (χ1n) is 11.4. The average molecular weight is 447 g/mol. The monoisotopic (exact) mass is 446 g/mol. The summed E-state index contributed by atoms with van der Waals surface area (Å²) in [6.45, 7) is 12.8. The van der Waals surface area contributed by atoms with Crippen molar-refractivity contribution in [3.05, 3.63) is 40.7 Å². The molecule has 1 saturated heterocycles. The highest BCUT2D eigenvalue weighted by Gasteiger charge is 2.26. The Morgan fingerprint density at radius 1 is 1.23 bits per heavy atom. The van der Waals surface area contributed by atoms with Crippen molar-refractivity contribution in [2.24, 2.45) is 5.92 Å². The van der Waals surface area contributed by atoms with Crippen LogP contribution in [-0.2, 0) is 11.3 Å². The molecule has 0 atom stereocenters. The van der Waals surface area contributed by atoms with Crippen molar-refractivity contribution in [2.45, 2.75) is 46.6 Å². The molecule has 3 rings (SSSR count). The van der Waals surface area contributed by atoms with E-state index >= 15 is 0 Å². The summed E-state index contributed by atoms with van der Waals surface area (Å²) < 4.78 is 5.88. The van der Waals surface area contributed by atoms with Crippen molar-refractivity contribution in [1.82, 2.24) is 20.1 Å². The van der Waals surface area contributed by atoms with Crippen LogP contribution in [0.4, 0.5) is 0 Å². The van der Waals surface area contributed by atoms with Gasteiger partial charge in [-0.15, -0.1) is 0 Å². The number of rotatable bonds is 10. The van der Waals surface area contributed by atoms with E-state index in [0.717, 1.165) is 82.1 Å². The molecule has 0 saturated carbocycles. The number of halogens is 1. The van der Waals surface area contributed by atoms with Gasteiger partial charge in [0.05, 0.1) is 5.69 Å². The summed E-state index contributed by atoms with van der Waals surface area (Å²) in [5.74, 6) is 1.80. The number of benzene rings is 1. The molecule has 1 aliphatic heterocycles. The maximum atomic E-state index is 12.5. The number of piperidine rings is 1. The zero-order valence-electron chi connectivity index (χ0n) is 19.0. The lowest BCUT2D eigenvalue weighted by atomic mass is 9.95. The number of nitrogens with zero attached hydrogens (tertiary/aromatic N) is 3. The van der Waals surface area contributed by atoms with E-state index < -0.39 is 0 Å². The lowest BCUT2D eigenvalue weighted by Gasteiger charge is -2.30. The second-order valence-corrected chi connectivity index (χ2v) is 8.69. The molecule has 1 aliphatic rings. The van der Waals surface area contributed by atoms with Gasteiger partial charge in [-0.05, 0) is 83.2 Å². The lowest BCUT2D eigenvalue weighted by molar-refractivity contribution is -0.126. The minimum Gasteiger partial charge on any atom is -0.441 e. The van der Waals surface area contributed by atoms with Crippen molar-refractivity contribution >= 4 is 17.5 Å². The third kappa shape index (κ3) is 6.79. The topological polar surface area (TPSA) is 61.6 Å². The number of nitrogens with one attached hydrogen (secondary N) is 1. The van der Waals surface area contributed by atoms with Crippen LogP contribution < -0.4 is 5.32 Å². The van der Waals surface area contributed by atoms with Crippen molar-refractivity contribution in [1.29, 1.82) is 0 Å². The van der Waals surface area contributed by atoms with Crippen molar-refractivity contribution in [3.8, 4) is 11.5 Å². The van der Waals surface area contributed by atoms with Gasteiger partial charge in [-0.25, -0.2) is 4.98 Å². The number of oxazole rings is 1. The van der Waals surface area contributed by atoms with Gasteiger partial charge in [-0.1, -0.05) is 25.4 Å².